The molecule has 0 aliphatic carbocycles. The maximum Gasteiger partial charge on any atom is 0.441 e. The van der Waals surface area contributed by atoms with Crippen molar-refractivity contribution in [3.05, 3.63) is 21.0 Å². The molecule has 1 N–H and O–H groups in total. The molecule has 0 bridgehead atoms. The van der Waals surface area contributed by atoms with Crippen LogP contribution in [0.25, 0.3) is 0 Å². The van der Waals surface area contributed by atoms with E-state index in [1.165, 1.54) is 0 Å². The summed E-state index contributed by atoms with van der Waals surface area (Å²) in [5.74, 6) is 0.655. The number of halogens is 5. The average molecular weight is 383 g/mol. The molecular weight excluding hydrogens is 375 g/mol. The second-order valence-corrected chi connectivity index (χ2v) is 5.54. The first-order valence-corrected chi connectivity index (χ1v) is 6.81. The Hall–Kier alpha value is 0.340. The zero-order chi connectivity index (χ0) is 12.2. The Bertz CT molecular complexity index is 323. The maximum absolute atomic E-state index is 11.8. The Morgan fingerprint density at radius 1 is 1.38 bits per heavy atom. The van der Waals surface area contributed by atoms with Crippen LogP contribution >= 0.6 is 43.6 Å². The number of hydrogen-bond acceptors (Lipinski definition) is 3. The first-order valence-electron chi connectivity index (χ1n) is 4.23. The van der Waals surface area contributed by atoms with Crippen LogP contribution in [-0.4, -0.2) is 17.8 Å². The molecule has 0 radical (unpaired) electrons. The molecule has 1 aromatic heterocycles. The average Bonchev–Trinajstić information content (AvgIpc) is 2.44. The van der Waals surface area contributed by atoms with Crippen molar-refractivity contribution in [3.8, 4) is 0 Å². The number of furan rings is 1. The molecule has 16 heavy (non-hydrogen) atoms. The van der Waals surface area contributed by atoms with Gasteiger partial charge in [-0.2, -0.15) is 13.2 Å². The van der Waals surface area contributed by atoms with Gasteiger partial charge in [-0.05, 0) is 49.7 Å². The fraction of sp³-hybridized carbons (Fsp3) is 0.500. The van der Waals surface area contributed by atoms with Crippen LogP contribution in [0.5, 0.6) is 0 Å². The van der Waals surface area contributed by atoms with E-state index in [9.17, 15) is 13.2 Å². The molecular formula is C8H8Br2F3NOS. The van der Waals surface area contributed by atoms with Crippen molar-refractivity contribution >= 4 is 43.6 Å². The van der Waals surface area contributed by atoms with Gasteiger partial charge in [-0.3, -0.25) is 0 Å². The van der Waals surface area contributed by atoms with Crippen molar-refractivity contribution in [1.29, 1.82) is 0 Å². The molecule has 0 aromatic carbocycles. The highest BCUT2D eigenvalue weighted by molar-refractivity contribution is 9.13. The van der Waals surface area contributed by atoms with Gasteiger partial charge in [0.1, 0.15) is 5.76 Å². The van der Waals surface area contributed by atoms with E-state index in [4.69, 9.17) is 4.42 Å². The van der Waals surface area contributed by atoms with E-state index >= 15 is 0 Å². The maximum atomic E-state index is 11.8. The minimum absolute atomic E-state index is 0.00739. The summed E-state index contributed by atoms with van der Waals surface area (Å²) in [5.41, 5.74) is -4.15. The van der Waals surface area contributed by atoms with E-state index in [0.29, 0.717) is 17.0 Å². The van der Waals surface area contributed by atoms with E-state index in [1.807, 2.05) is 0 Å². The van der Waals surface area contributed by atoms with Crippen LogP contribution in [0.2, 0.25) is 0 Å². The third-order valence-electron chi connectivity index (χ3n) is 1.54. The van der Waals surface area contributed by atoms with Crippen LogP contribution in [0.1, 0.15) is 5.76 Å². The van der Waals surface area contributed by atoms with Gasteiger partial charge in [0.2, 0.25) is 0 Å². The Kier molecular flexibility index (Phi) is 5.69. The highest BCUT2D eigenvalue weighted by atomic mass is 79.9. The van der Waals surface area contributed by atoms with E-state index in [2.05, 4.69) is 37.2 Å². The highest BCUT2D eigenvalue weighted by Crippen LogP contribution is 2.29. The molecule has 1 rings (SSSR count). The van der Waals surface area contributed by atoms with Crippen LogP contribution in [0.3, 0.4) is 0 Å². The van der Waals surface area contributed by atoms with E-state index in [1.54, 1.807) is 6.07 Å². The molecule has 1 aromatic rings. The number of thioether (sulfide) groups is 1. The summed E-state index contributed by atoms with van der Waals surface area (Å²) < 4.78 is 41.9. The minimum Gasteiger partial charge on any atom is -0.452 e. The minimum atomic E-state index is -4.15. The van der Waals surface area contributed by atoms with E-state index < -0.39 is 5.51 Å². The predicted molar refractivity (Wildman–Crippen MR) is 64.3 cm³/mol. The zero-order valence-corrected chi connectivity index (χ0v) is 11.9. The molecule has 0 aliphatic heterocycles. The first-order chi connectivity index (χ1) is 7.38. The van der Waals surface area contributed by atoms with Gasteiger partial charge >= 0.3 is 5.51 Å². The third-order valence-corrected chi connectivity index (χ3v) is 3.99. The highest BCUT2D eigenvalue weighted by Gasteiger charge is 2.27. The standard InChI is InChI=1S/C8H8Br2F3NOS/c9-6-3-5(15-7(6)10)4-14-1-2-16-8(11,12)13/h3,14H,1-2,4H2. The lowest BCUT2D eigenvalue weighted by atomic mass is 10.4. The summed E-state index contributed by atoms with van der Waals surface area (Å²) in [4.78, 5) is 0. The Morgan fingerprint density at radius 2 is 2.06 bits per heavy atom. The summed E-state index contributed by atoms with van der Waals surface area (Å²) in [6.45, 7) is 0.683. The molecule has 0 spiro atoms. The topological polar surface area (TPSA) is 25.2 Å². The van der Waals surface area contributed by atoms with Crippen LogP contribution in [0, 0.1) is 0 Å². The molecule has 0 amide bonds. The second-order valence-electron chi connectivity index (χ2n) is 2.81. The van der Waals surface area contributed by atoms with E-state index in [0.717, 1.165) is 4.47 Å². The largest absolute Gasteiger partial charge is 0.452 e. The summed E-state index contributed by atoms with van der Waals surface area (Å²) in [6, 6.07) is 1.76. The molecule has 0 aliphatic rings. The SMILES string of the molecule is FC(F)(F)SCCNCc1cc(Br)c(Br)o1. The van der Waals surface area contributed by atoms with Gasteiger partial charge in [-0.15, -0.1) is 0 Å². The van der Waals surface area contributed by atoms with Crippen molar-refractivity contribution < 1.29 is 17.6 Å². The fourth-order valence-corrected chi connectivity index (χ4v) is 2.07. The normalized spacial score (nSPS) is 12.1. The van der Waals surface area contributed by atoms with Gasteiger partial charge in [-0.25, -0.2) is 0 Å². The quantitative estimate of drug-likeness (QED) is 0.774. The van der Waals surface area contributed by atoms with Crippen LogP contribution < -0.4 is 5.32 Å². The molecule has 0 atom stereocenters. The van der Waals surface area contributed by atoms with Gasteiger partial charge in [0.25, 0.3) is 0 Å². The number of alkyl halides is 3. The monoisotopic (exact) mass is 381 g/mol. The molecule has 2 nitrogen and oxygen atoms in total. The second kappa shape index (κ2) is 6.32. The molecule has 8 heteroatoms. The van der Waals surface area contributed by atoms with Crippen LogP contribution in [0.4, 0.5) is 13.2 Å². The van der Waals surface area contributed by atoms with Crippen LogP contribution in [-0.2, 0) is 6.54 Å². The van der Waals surface area contributed by atoms with E-state index in [-0.39, 0.29) is 24.1 Å². The Morgan fingerprint density at radius 3 is 2.56 bits per heavy atom. The predicted octanol–water partition coefficient (Wildman–Crippen LogP) is 4.15. The van der Waals surface area contributed by atoms with Gasteiger partial charge in [0.15, 0.2) is 4.67 Å². The fourth-order valence-electron chi connectivity index (χ4n) is 0.929. The van der Waals surface area contributed by atoms with Gasteiger partial charge in [0.05, 0.1) is 11.0 Å². The molecule has 0 unspecified atom stereocenters. The molecule has 0 saturated heterocycles. The van der Waals surface area contributed by atoms with Gasteiger partial charge < -0.3 is 9.73 Å². The van der Waals surface area contributed by atoms with Crippen LogP contribution in [0.15, 0.2) is 19.6 Å². The summed E-state index contributed by atoms with van der Waals surface area (Å²) in [7, 11) is 0. The van der Waals surface area contributed by atoms with Crippen molar-refractivity contribution in [2.75, 3.05) is 12.3 Å². The third kappa shape index (κ3) is 5.60. The number of nitrogens with one attached hydrogen (secondary N) is 1. The number of hydrogen-bond donors (Lipinski definition) is 1. The van der Waals surface area contributed by atoms with Crippen molar-refractivity contribution in [2.45, 2.75) is 12.1 Å². The zero-order valence-electron chi connectivity index (χ0n) is 7.90. The molecule has 0 fully saturated rings. The van der Waals surface area contributed by atoms with Crippen molar-refractivity contribution in [3.63, 3.8) is 0 Å². The molecule has 0 saturated carbocycles. The van der Waals surface area contributed by atoms with Gasteiger partial charge in [0, 0.05) is 12.3 Å². The lowest BCUT2D eigenvalue weighted by molar-refractivity contribution is -0.0327. The van der Waals surface area contributed by atoms with Crippen molar-refractivity contribution in [2.24, 2.45) is 0 Å². The lowest BCUT2D eigenvalue weighted by Crippen LogP contribution is -2.18. The summed E-state index contributed by atoms with van der Waals surface area (Å²) >= 11 is 6.38. The Balaban J connectivity index is 2.16. The molecule has 1 heterocycles. The molecule has 92 valence electrons. The lowest BCUT2D eigenvalue weighted by Gasteiger charge is -2.05. The summed E-state index contributed by atoms with van der Waals surface area (Å²) in [6.07, 6.45) is 0. The van der Waals surface area contributed by atoms with Crippen molar-refractivity contribution in [1.82, 2.24) is 5.32 Å². The summed E-state index contributed by atoms with van der Waals surface area (Å²) in [5, 5.41) is 2.86. The number of rotatable bonds is 5. The Labute approximate surface area is 112 Å². The smallest absolute Gasteiger partial charge is 0.441 e. The van der Waals surface area contributed by atoms with Gasteiger partial charge in [-0.1, -0.05) is 0 Å². The first kappa shape index (κ1) is 14.4.